The highest BCUT2D eigenvalue weighted by molar-refractivity contribution is 4.75. The number of ether oxygens (including phenoxy) is 2. The molecule has 2 aliphatic heterocycles. The molecule has 0 spiro atoms. The Balaban J connectivity index is 1.60. The van der Waals surface area contributed by atoms with Crippen LogP contribution in [0, 0.1) is 5.92 Å². The van der Waals surface area contributed by atoms with Crippen LogP contribution in [0.3, 0.4) is 0 Å². The second-order valence-electron chi connectivity index (χ2n) is 4.90. The number of hydrogen-bond donors (Lipinski definition) is 1. The predicted molar refractivity (Wildman–Crippen MR) is 60.0 cm³/mol. The van der Waals surface area contributed by atoms with Crippen molar-refractivity contribution >= 4 is 0 Å². The van der Waals surface area contributed by atoms with Crippen molar-refractivity contribution in [3.63, 3.8) is 0 Å². The van der Waals surface area contributed by atoms with Crippen molar-refractivity contribution in [3.05, 3.63) is 0 Å². The van der Waals surface area contributed by atoms with Gasteiger partial charge < -0.3 is 14.8 Å². The Morgan fingerprint density at radius 2 is 2.00 bits per heavy atom. The van der Waals surface area contributed by atoms with Gasteiger partial charge in [0, 0.05) is 32.4 Å². The van der Waals surface area contributed by atoms with Crippen LogP contribution < -0.4 is 5.32 Å². The molecular formula is C12H23NO2. The number of rotatable bonds is 3. The lowest BCUT2D eigenvalue weighted by Gasteiger charge is -2.30. The smallest absolute Gasteiger partial charge is 0.0700 e. The average molecular weight is 213 g/mol. The molecule has 0 aromatic carbocycles. The monoisotopic (exact) mass is 213 g/mol. The van der Waals surface area contributed by atoms with E-state index in [1.54, 1.807) is 0 Å². The van der Waals surface area contributed by atoms with Crippen LogP contribution in [0.4, 0.5) is 0 Å². The van der Waals surface area contributed by atoms with E-state index in [4.69, 9.17) is 9.47 Å². The summed E-state index contributed by atoms with van der Waals surface area (Å²) in [6.07, 6.45) is 5.27. The molecule has 0 radical (unpaired) electrons. The van der Waals surface area contributed by atoms with Gasteiger partial charge in [-0.25, -0.2) is 0 Å². The van der Waals surface area contributed by atoms with E-state index in [1.807, 2.05) is 0 Å². The van der Waals surface area contributed by atoms with Gasteiger partial charge in [-0.2, -0.15) is 0 Å². The predicted octanol–water partition coefficient (Wildman–Crippen LogP) is 1.57. The molecule has 0 aromatic heterocycles. The Morgan fingerprint density at radius 1 is 1.20 bits per heavy atom. The zero-order valence-electron chi connectivity index (χ0n) is 9.71. The van der Waals surface area contributed by atoms with E-state index < -0.39 is 0 Å². The lowest BCUT2D eigenvalue weighted by atomic mass is 10.0. The molecule has 1 N–H and O–H groups in total. The van der Waals surface area contributed by atoms with Crippen molar-refractivity contribution < 1.29 is 9.47 Å². The molecule has 0 aliphatic carbocycles. The van der Waals surface area contributed by atoms with Crippen molar-refractivity contribution in [2.75, 3.05) is 26.4 Å². The SMILES string of the molecule is CC1CCC(OCC2CCOCC2)CN1. The summed E-state index contributed by atoms with van der Waals surface area (Å²) in [4.78, 5) is 0. The van der Waals surface area contributed by atoms with Gasteiger partial charge in [0.1, 0.15) is 0 Å². The molecule has 3 nitrogen and oxygen atoms in total. The Hall–Kier alpha value is -0.120. The van der Waals surface area contributed by atoms with E-state index in [1.165, 1.54) is 25.7 Å². The second-order valence-corrected chi connectivity index (χ2v) is 4.90. The molecule has 2 atom stereocenters. The Labute approximate surface area is 92.5 Å². The minimum absolute atomic E-state index is 0.448. The second kappa shape index (κ2) is 5.83. The fraction of sp³-hybridized carbons (Fsp3) is 1.00. The number of nitrogens with one attached hydrogen (secondary N) is 1. The summed E-state index contributed by atoms with van der Waals surface area (Å²) in [6, 6.07) is 0.674. The summed E-state index contributed by atoms with van der Waals surface area (Å²) in [7, 11) is 0. The molecule has 2 fully saturated rings. The van der Waals surface area contributed by atoms with Gasteiger partial charge in [-0.05, 0) is 38.5 Å². The van der Waals surface area contributed by atoms with Crippen LogP contribution in [-0.4, -0.2) is 38.5 Å². The van der Waals surface area contributed by atoms with Crippen LogP contribution in [0.25, 0.3) is 0 Å². The quantitative estimate of drug-likeness (QED) is 0.772. The third-order valence-electron chi connectivity index (χ3n) is 3.52. The van der Waals surface area contributed by atoms with Gasteiger partial charge in [0.25, 0.3) is 0 Å². The minimum atomic E-state index is 0.448. The van der Waals surface area contributed by atoms with Crippen LogP contribution in [0.15, 0.2) is 0 Å². The highest BCUT2D eigenvalue weighted by atomic mass is 16.5. The first-order valence-corrected chi connectivity index (χ1v) is 6.27. The largest absolute Gasteiger partial charge is 0.381 e. The maximum Gasteiger partial charge on any atom is 0.0700 e. The fourth-order valence-electron chi connectivity index (χ4n) is 2.30. The van der Waals surface area contributed by atoms with Crippen molar-refractivity contribution in [2.24, 2.45) is 5.92 Å². The number of hydrogen-bond acceptors (Lipinski definition) is 3. The fourth-order valence-corrected chi connectivity index (χ4v) is 2.30. The maximum absolute atomic E-state index is 5.95. The molecule has 2 heterocycles. The molecular weight excluding hydrogens is 190 g/mol. The zero-order chi connectivity index (χ0) is 10.5. The molecule has 2 aliphatic rings. The minimum Gasteiger partial charge on any atom is -0.381 e. The molecule has 2 saturated heterocycles. The summed E-state index contributed by atoms with van der Waals surface area (Å²) < 4.78 is 11.3. The molecule has 15 heavy (non-hydrogen) atoms. The van der Waals surface area contributed by atoms with Gasteiger partial charge in [0.05, 0.1) is 6.10 Å². The Kier molecular flexibility index (Phi) is 4.42. The van der Waals surface area contributed by atoms with Gasteiger partial charge in [-0.3, -0.25) is 0 Å². The Bertz CT molecular complexity index is 172. The van der Waals surface area contributed by atoms with E-state index in [9.17, 15) is 0 Å². The lowest BCUT2D eigenvalue weighted by Crippen LogP contribution is -2.41. The summed E-state index contributed by atoms with van der Waals surface area (Å²) >= 11 is 0. The van der Waals surface area contributed by atoms with Crippen LogP contribution in [0.1, 0.15) is 32.6 Å². The Morgan fingerprint density at radius 3 is 2.67 bits per heavy atom. The van der Waals surface area contributed by atoms with Crippen LogP contribution in [0.2, 0.25) is 0 Å². The van der Waals surface area contributed by atoms with E-state index in [2.05, 4.69) is 12.2 Å². The summed E-state index contributed by atoms with van der Waals surface area (Å²) in [6.45, 7) is 6.06. The molecule has 0 aromatic rings. The molecule has 3 heteroatoms. The molecule has 2 unspecified atom stereocenters. The first kappa shape index (κ1) is 11.4. The maximum atomic E-state index is 5.95. The van der Waals surface area contributed by atoms with Gasteiger partial charge in [0.15, 0.2) is 0 Å². The summed E-state index contributed by atoms with van der Waals surface area (Å²) in [5.74, 6) is 0.734. The number of piperidine rings is 1. The molecule has 0 amide bonds. The highest BCUT2D eigenvalue weighted by Gasteiger charge is 2.20. The van der Waals surface area contributed by atoms with E-state index in [0.717, 1.165) is 32.3 Å². The van der Waals surface area contributed by atoms with Gasteiger partial charge in [-0.15, -0.1) is 0 Å². The van der Waals surface area contributed by atoms with E-state index >= 15 is 0 Å². The van der Waals surface area contributed by atoms with Crippen LogP contribution >= 0.6 is 0 Å². The van der Waals surface area contributed by atoms with Crippen LogP contribution in [-0.2, 0) is 9.47 Å². The van der Waals surface area contributed by atoms with Crippen molar-refractivity contribution in [1.82, 2.24) is 5.32 Å². The normalized spacial score (nSPS) is 34.2. The third kappa shape index (κ3) is 3.74. The first-order valence-electron chi connectivity index (χ1n) is 6.27. The lowest BCUT2D eigenvalue weighted by molar-refractivity contribution is -0.0208. The van der Waals surface area contributed by atoms with Gasteiger partial charge in [0.2, 0.25) is 0 Å². The molecule has 0 bridgehead atoms. The molecule has 2 rings (SSSR count). The van der Waals surface area contributed by atoms with Crippen LogP contribution in [0.5, 0.6) is 0 Å². The topological polar surface area (TPSA) is 30.5 Å². The van der Waals surface area contributed by atoms with Gasteiger partial charge >= 0.3 is 0 Å². The molecule has 88 valence electrons. The van der Waals surface area contributed by atoms with E-state index in [-0.39, 0.29) is 0 Å². The average Bonchev–Trinajstić information content (AvgIpc) is 2.30. The summed E-state index contributed by atoms with van der Waals surface area (Å²) in [5, 5.41) is 3.47. The van der Waals surface area contributed by atoms with Crippen molar-refractivity contribution in [1.29, 1.82) is 0 Å². The van der Waals surface area contributed by atoms with Crippen molar-refractivity contribution in [2.45, 2.75) is 44.8 Å². The third-order valence-corrected chi connectivity index (χ3v) is 3.52. The molecule has 0 saturated carbocycles. The zero-order valence-corrected chi connectivity index (χ0v) is 9.71. The van der Waals surface area contributed by atoms with Gasteiger partial charge in [-0.1, -0.05) is 0 Å². The van der Waals surface area contributed by atoms with E-state index in [0.29, 0.717) is 12.1 Å². The standard InChI is InChI=1S/C12H23NO2/c1-10-2-3-12(8-13-10)15-9-11-4-6-14-7-5-11/h10-13H,2-9H2,1H3. The first-order chi connectivity index (χ1) is 7.34. The highest BCUT2D eigenvalue weighted by Crippen LogP contribution is 2.17. The van der Waals surface area contributed by atoms with Crippen molar-refractivity contribution in [3.8, 4) is 0 Å². The summed E-state index contributed by atoms with van der Waals surface area (Å²) in [5.41, 5.74) is 0.